The molecule has 1 fully saturated rings. The Kier molecular flexibility index (Phi) is 7.77. The standard InChI is InChI=1S/C13H28N2O3/c1-4-18-12-6-5-7-15(10-12)11(9-14)8-13(16-2)17-3/h11-13H,4-10,14H2,1-3H3. The zero-order valence-corrected chi connectivity index (χ0v) is 11.9. The number of nitrogens with zero attached hydrogens (tertiary/aromatic N) is 1. The first kappa shape index (κ1) is 15.9. The van der Waals surface area contributed by atoms with Crippen LogP contribution in [0.25, 0.3) is 0 Å². The molecule has 0 saturated carbocycles. The first-order chi connectivity index (χ1) is 8.74. The van der Waals surface area contributed by atoms with E-state index in [0.717, 1.165) is 32.5 Å². The normalized spacial score (nSPS) is 23.5. The van der Waals surface area contributed by atoms with E-state index in [1.54, 1.807) is 14.2 Å². The van der Waals surface area contributed by atoms with E-state index in [-0.39, 0.29) is 6.29 Å². The lowest BCUT2D eigenvalue weighted by Crippen LogP contribution is -2.49. The first-order valence-corrected chi connectivity index (χ1v) is 6.86. The average Bonchev–Trinajstić information content (AvgIpc) is 2.41. The molecule has 1 rings (SSSR count). The van der Waals surface area contributed by atoms with E-state index in [4.69, 9.17) is 19.9 Å². The zero-order valence-electron chi connectivity index (χ0n) is 11.9. The molecule has 1 heterocycles. The van der Waals surface area contributed by atoms with Gasteiger partial charge in [0.25, 0.3) is 0 Å². The number of hydrogen-bond donors (Lipinski definition) is 1. The van der Waals surface area contributed by atoms with E-state index in [0.29, 0.717) is 18.7 Å². The Morgan fingerprint density at radius 3 is 2.61 bits per heavy atom. The van der Waals surface area contributed by atoms with Crippen molar-refractivity contribution in [1.29, 1.82) is 0 Å². The molecule has 1 aliphatic rings. The van der Waals surface area contributed by atoms with Gasteiger partial charge in [0.2, 0.25) is 0 Å². The third-order valence-electron chi connectivity index (χ3n) is 3.59. The predicted octanol–water partition coefficient (Wildman–Crippen LogP) is 0.824. The van der Waals surface area contributed by atoms with Crippen LogP contribution in [0.2, 0.25) is 0 Å². The summed E-state index contributed by atoms with van der Waals surface area (Å²) in [6.07, 6.45) is 3.31. The van der Waals surface area contributed by atoms with Gasteiger partial charge in [0, 0.05) is 46.4 Å². The van der Waals surface area contributed by atoms with Gasteiger partial charge in [-0.3, -0.25) is 4.90 Å². The quantitative estimate of drug-likeness (QED) is 0.655. The van der Waals surface area contributed by atoms with Gasteiger partial charge < -0.3 is 19.9 Å². The Balaban J connectivity index is 2.47. The summed E-state index contributed by atoms with van der Waals surface area (Å²) in [5.74, 6) is 0. The smallest absolute Gasteiger partial charge is 0.158 e. The summed E-state index contributed by atoms with van der Waals surface area (Å²) >= 11 is 0. The number of nitrogens with two attached hydrogens (primary N) is 1. The highest BCUT2D eigenvalue weighted by atomic mass is 16.7. The lowest BCUT2D eigenvalue weighted by Gasteiger charge is -2.38. The number of ether oxygens (including phenoxy) is 3. The summed E-state index contributed by atoms with van der Waals surface area (Å²) in [7, 11) is 3.34. The van der Waals surface area contributed by atoms with Crippen molar-refractivity contribution in [3.05, 3.63) is 0 Å². The molecule has 1 saturated heterocycles. The highest BCUT2D eigenvalue weighted by Crippen LogP contribution is 2.18. The van der Waals surface area contributed by atoms with Crippen LogP contribution in [0.15, 0.2) is 0 Å². The topological polar surface area (TPSA) is 57.0 Å². The summed E-state index contributed by atoms with van der Waals surface area (Å²) in [5.41, 5.74) is 5.89. The summed E-state index contributed by atoms with van der Waals surface area (Å²) in [6, 6.07) is 0.304. The number of methoxy groups -OCH3 is 2. The number of rotatable bonds is 8. The highest BCUT2D eigenvalue weighted by Gasteiger charge is 2.27. The molecule has 0 amide bonds. The second kappa shape index (κ2) is 8.82. The molecule has 0 aromatic rings. The van der Waals surface area contributed by atoms with Crippen LogP contribution in [0.4, 0.5) is 0 Å². The second-order valence-corrected chi connectivity index (χ2v) is 4.74. The fourth-order valence-electron chi connectivity index (χ4n) is 2.57. The van der Waals surface area contributed by atoms with Crippen LogP contribution in [0, 0.1) is 0 Å². The SMILES string of the molecule is CCOC1CCCN(C(CN)CC(OC)OC)C1. The van der Waals surface area contributed by atoms with E-state index < -0.39 is 0 Å². The summed E-state index contributed by atoms with van der Waals surface area (Å²) < 4.78 is 16.2. The van der Waals surface area contributed by atoms with Crippen LogP contribution in [-0.4, -0.2) is 63.8 Å². The molecule has 0 radical (unpaired) electrons. The molecule has 5 heteroatoms. The largest absolute Gasteiger partial charge is 0.377 e. The molecular formula is C13H28N2O3. The molecule has 0 spiro atoms. The maximum Gasteiger partial charge on any atom is 0.158 e. The van der Waals surface area contributed by atoms with E-state index in [2.05, 4.69) is 4.90 Å². The van der Waals surface area contributed by atoms with Crippen molar-refractivity contribution in [3.63, 3.8) is 0 Å². The number of piperidine rings is 1. The highest BCUT2D eigenvalue weighted by molar-refractivity contribution is 4.81. The molecule has 18 heavy (non-hydrogen) atoms. The van der Waals surface area contributed by atoms with E-state index in [9.17, 15) is 0 Å². The Morgan fingerprint density at radius 2 is 2.06 bits per heavy atom. The van der Waals surface area contributed by atoms with Crippen LogP contribution in [0.1, 0.15) is 26.2 Å². The third kappa shape index (κ3) is 4.82. The molecule has 0 aromatic heterocycles. The van der Waals surface area contributed by atoms with Gasteiger partial charge >= 0.3 is 0 Å². The fourth-order valence-corrected chi connectivity index (χ4v) is 2.57. The molecule has 5 nitrogen and oxygen atoms in total. The minimum absolute atomic E-state index is 0.175. The maximum atomic E-state index is 5.89. The Morgan fingerprint density at radius 1 is 1.33 bits per heavy atom. The minimum atomic E-state index is -0.175. The van der Waals surface area contributed by atoms with Gasteiger partial charge in [-0.2, -0.15) is 0 Å². The zero-order chi connectivity index (χ0) is 13.4. The van der Waals surface area contributed by atoms with Crippen molar-refractivity contribution < 1.29 is 14.2 Å². The van der Waals surface area contributed by atoms with Crippen LogP contribution in [0.3, 0.4) is 0 Å². The fraction of sp³-hybridized carbons (Fsp3) is 1.00. The number of likely N-dealkylation sites (tertiary alicyclic amines) is 1. The van der Waals surface area contributed by atoms with E-state index in [1.807, 2.05) is 6.92 Å². The predicted molar refractivity (Wildman–Crippen MR) is 71.5 cm³/mol. The Labute approximate surface area is 111 Å². The van der Waals surface area contributed by atoms with Gasteiger partial charge in [0.15, 0.2) is 6.29 Å². The van der Waals surface area contributed by atoms with Crippen LogP contribution in [0.5, 0.6) is 0 Å². The van der Waals surface area contributed by atoms with Crippen molar-refractivity contribution >= 4 is 0 Å². The maximum absolute atomic E-state index is 5.89. The minimum Gasteiger partial charge on any atom is -0.377 e. The second-order valence-electron chi connectivity index (χ2n) is 4.74. The average molecular weight is 260 g/mol. The van der Waals surface area contributed by atoms with E-state index in [1.165, 1.54) is 6.42 Å². The molecule has 108 valence electrons. The summed E-state index contributed by atoms with van der Waals surface area (Å²) in [4.78, 5) is 2.41. The molecule has 0 aliphatic carbocycles. The molecular weight excluding hydrogens is 232 g/mol. The van der Waals surface area contributed by atoms with Crippen LogP contribution < -0.4 is 5.73 Å². The molecule has 2 unspecified atom stereocenters. The monoisotopic (exact) mass is 260 g/mol. The van der Waals surface area contributed by atoms with Gasteiger partial charge in [-0.1, -0.05) is 0 Å². The van der Waals surface area contributed by atoms with Crippen molar-refractivity contribution in [2.75, 3.05) is 40.5 Å². The lowest BCUT2D eigenvalue weighted by molar-refractivity contribution is -0.120. The van der Waals surface area contributed by atoms with Crippen molar-refractivity contribution in [3.8, 4) is 0 Å². The molecule has 2 atom stereocenters. The molecule has 1 aliphatic heterocycles. The summed E-state index contributed by atoms with van der Waals surface area (Å²) in [6.45, 7) is 5.51. The van der Waals surface area contributed by atoms with Crippen LogP contribution in [-0.2, 0) is 14.2 Å². The van der Waals surface area contributed by atoms with Crippen molar-refractivity contribution in [2.45, 2.75) is 44.6 Å². The molecule has 0 bridgehead atoms. The van der Waals surface area contributed by atoms with Gasteiger partial charge in [-0.25, -0.2) is 0 Å². The summed E-state index contributed by atoms with van der Waals surface area (Å²) in [5, 5.41) is 0. The third-order valence-corrected chi connectivity index (χ3v) is 3.59. The van der Waals surface area contributed by atoms with Crippen molar-refractivity contribution in [2.24, 2.45) is 5.73 Å². The Hall–Kier alpha value is -0.200. The lowest BCUT2D eigenvalue weighted by atomic mass is 10.0. The number of hydrogen-bond acceptors (Lipinski definition) is 5. The van der Waals surface area contributed by atoms with Crippen LogP contribution >= 0.6 is 0 Å². The van der Waals surface area contributed by atoms with E-state index >= 15 is 0 Å². The first-order valence-electron chi connectivity index (χ1n) is 6.86. The van der Waals surface area contributed by atoms with Gasteiger partial charge in [0.05, 0.1) is 6.10 Å². The molecule has 0 aromatic carbocycles. The van der Waals surface area contributed by atoms with Crippen molar-refractivity contribution in [1.82, 2.24) is 4.90 Å². The molecule has 2 N–H and O–H groups in total. The van der Waals surface area contributed by atoms with Gasteiger partial charge in [-0.05, 0) is 26.3 Å². The van der Waals surface area contributed by atoms with Gasteiger partial charge in [-0.15, -0.1) is 0 Å². The Bertz CT molecular complexity index is 210. The van der Waals surface area contributed by atoms with Gasteiger partial charge in [0.1, 0.15) is 0 Å².